The number of methoxy groups -OCH3 is 1. The fourth-order valence-electron chi connectivity index (χ4n) is 2.35. The van der Waals surface area contributed by atoms with Crippen molar-refractivity contribution in [3.05, 3.63) is 68.7 Å². The van der Waals surface area contributed by atoms with Crippen molar-refractivity contribution in [1.29, 1.82) is 5.26 Å². The lowest BCUT2D eigenvalue weighted by atomic mass is 9.98. The van der Waals surface area contributed by atoms with Crippen LogP contribution in [0.3, 0.4) is 0 Å². The molecule has 0 fully saturated rings. The van der Waals surface area contributed by atoms with Crippen LogP contribution in [0.1, 0.15) is 22.3 Å². The molecule has 0 bridgehead atoms. The Hall–Kier alpha value is -2.58. The molecular weight excluding hydrogens is 382 g/mol. The van der Waals surface area contributed by atoms with Crippen molar-refractivity contribution < 1.29 is 14.3 Å². The highest BCUT2D eigenvalue weighted by atomic mass is 79.9. The minimum Gasteiger partial charge on any atom is -0.488 e. The standard InChI is InChI=1S/C20H18BrNO3/c1-13-8-14(2)17(12-25-19-7-5-4-6-18(19)21)10-15(13)9-16(11-22)20(23)24-3/h4-10H,12H2,1-3H3. The van der Waals surface area contributed by atoms with Gasteiger partial charge in [0.05, 0.1) is 11.6 Å². The second kappa shape index (κ2) is 8.50. The zero-order valence-electron chi connectivity index (χ0n) is 14.3. The summed E-state index contributed by atoms with van der Waals surface area (Å²) >= 11 is 3.46. The number of aryl methyl sites for hydroxylation is 2. The summed E-state index contributed by atoms with van der Waals surface area (Å²) in [6, 6.07) is 13.5. The molecule has 5 heteroatoms. The zero-order chi connectivity index (χ0) is 18.4. The number of hydrogen-bond donors (Lipinski definition) is 0. The van der Waals surface area contributed by atoms with Crippen LogP contribution in [0.5, 0.6) is 5.75 Å². The molecule has 0 aromatic heterocycles. The highest BCUT2D eigenvalue weighted by Gasteiger charge is 2.11. The molecular formula is C20H18BrNO3. The van der Waals surface area contributed by atoms with Gasteiger partial charge in [0, 0.05) is 0 Å². The largest absolute Gasteiger partial charge is 0.488 e. The molecule has 0 saturated heterocycles. The number of para-hydroxylation sites is 1. The highest BCUT2D eigenvalue weighted by Crippen LogP contribution is 2.26. The molecule has 0 atom stereocenters. The molecule has 25 heavy (non-hydrogen) atoms. The second-order valence-electron chi connectivity index (χ2n) is 5.52. The molecule has 4 nitrogen and oxygen atoms in total. The normalized spacial score (nSPS) is 10.9. The molecule has 2 aromatic rings. The molecule has 2 aromatic carbocycles. The quantitative estimate of drug-likeness (QED) is 0.414. The molecule has 0 amide bonds. The Morgan fingerprint density at radius 2 is 1.96 bits per heavy atom. The summed E-state index contributed by atoms with van der Waals surface area (Å²) in [5, 5.41) is 9.14. The van der Waals surface area contributed by atoms with Gasteiger partial charge in [-0.2, -0.15) is 5.26 Å². The lowest BCUT2D eigenvalue weighted by Gasteiger charge is -2.13. The van der Waals surface area contributed by atoms with Gasteiger partial charge in [0.1, 0.15) is 24.0 Å². The first-order valence-electron chi connectivity index (χ1n) is 7.63. The summed E-state index contributed by atoms with van der Waals surface area (Å²) in [7, 11) is 1.26. The van der Waals surface area contributed by atoms with E-state index in [-0.39, 0.29) is 5.57 Å². The predicted octanol–water partition coefficient (Wildman–Crippen LogP) is 4.72. The molecule has 0 radical (unpaired) electrons. The first-order chi connectivity index (χ1) is 12.0. The van der Waals surface area contributed by atoms with E-state index in [1.54, 1.807) is 6.08 Å². The number of carbonyl (C=O) groups excluding carboxylic acids is 1. The van der Waals surface area contributed by atoms with Gasteiger partial charge in [-0.15, -0.1) is 0 Å². The van der Waals surface area contributed by atoms with Gasteiger partial charge in [0.15, 0.2) is 0 Å². The van der Waals surface area contributed by atoms with Gasteiger partial charge >= 0.3 is 5.97 Å². The lowest BCUT2D eigenvalue weighted by Crippen LogP contribution is -2.04. The van der Waals surface area contributed by atoms with E-state index >= 15 is 0 Å². The van der Waals surface area contributed by atoms with E-state index in [0.29, 0.717) is 6.61 Å². The van der Waals surface area contributed by atoms with E-state index in [2.05, 4.69) is 20.7 Å². The molecule has 0 saturated carbocycles. The SMILES string of the molecule is COC(=O)C(C#N)=Cc1cc(COc2ccccc2Br)c(C)cc1C. The van der Waals surface area contributed by atoms with E-state index in [4.69, 9.17) is 10.00 Å². The van der Waals surface area contributed by atoms with Crippen molar-refractivity contribution in [2.24, 2.45) is 0 Å². The van der Waals surface area contributed by atoms with Crippen LogP contribution in [0, 0.1) is 25.2 Å². The van der Waals surface area contributed by atoms with Gasteiger partial charge < -0.3 is 9.47 Å². The first kappa shape index (κ1) is 18.8. The molecule has 2 rings (SSSR count). The van der Waals surface area contributed by atoms with E-state index < -0.39 is 5.97 Å². The maximum atomic E-state index is 11.6. The maximum Gasteiger partial charge on any atom is 0.348 e. The smallest absolute Gasteiger partial charge is 0.348 e. The van der Waals surface area contributed by atoms with Crippen LogP contribution in [-0.4, -0.2) is 13.1 Å². The van der Waals surface area contributed by atoms with Gasteiger partial charge in [-0.1, -0.05) is 18.2 Å². The summed E-state index contributed by atoms with van der Waals surface area (Å²) in [5.74, 6) is 0.111. The second-order valence-corrected chi connectivity index (χ2v) is 6.37. The maximum absolute atomic E-state index is 11.6. The van der Waals surface area contributed by atoms with Gasteiger partial charge in [-0.25, -0.2) is 4.79 Å². The van der Waals surface area contributed by atoms with E-state index in [1.807, 2.05) is 56.3 Å². The van der Waals surface area contributed by atoms with Gasteiger partial charge in [-0.05, 0) is 76.3 Å². The van der Waals surface area contributed by atoms with Crippen molar-refractivity contribution in [3.8, 4) is 11.8 Å². The summed E-state index contributed by atoms with van der Waals surface area (Å²) in [5.41, 5.74) is 3.79. The Bertz CT molecular complexity index is 866. The Balaban J connectivity index is 2.32. The van der Waals surface area contributed by atoms with Crippen LogP contribution in [0.25, 0.3) is 6.08 Å². The van der Waals surface area contributed by atoms with Crippen LogP contribution in [0.15, 0.2) is 46.4 Å². The van der Waals surface area contributed by atoms with Gasteiger partial charge in [0.25, 0.3) is 0 Å². The first-order valence-corrected chi connectivity index (χ1v) is 8.43. The number of nitrogens with zero attached hydrogens (tertiary/aromatic N) is 1. The average Bonchev–Trinajstić information content (AvgIpc) is 2.60. The molecule has 0 spiro atoms. The Morgan fingerprint density at radius 1 is 1.24 bits per heavy atom. The fourth-order valence-corrected chi connectivity index (χ4v) is 2.75. The lowest BCUT2D eigenvalue weighted by molar-refractivity contribution is -0.135. The average molecular weight is 400 g/mol. The monoisotopic (exact) mass is 399 g/mol. The molecule has 0 unspecified atom stereocenters. The third-order valence-corrected chi connectivity index (χ3v) is 4.43. The van der Waals surface area contributed by atoms with E-state index in [1.165, 1.54) is 7.11 Å². The number of benzene rings is 2. The van der Waals surface area contributed by atoms with Crippen molar-refractivity contribution >= 4 is 28.0 Å². The van der Waals surface area contributed by atoms with Crippen molar-refractivity contribution in [2.75, 3.05) is 7.11 Å². The van der Waals surface area contributed by atoms with Crippen molar-refractivity contribution in [1.82, 2.24) is 0 Å². The summed E-state index contributed by atoms with van der Waals surface area (Å²) in [6.07, 6.45) is 1.54. The van der Waals surface area contributed by atoms with Gasteiger partial charge in [0.2, 0.25) is 0 Å². The number of esters is 1. The predicted molar refractivity (Wildman–Crippen MR) is 100.0 cm³/mol. The number of ether oxygens (including phenoxy) is 2. The molecule has 0 aliphatic heterocycles. The van der Waals surface area contributed by atoms with Crippen LogP contribution in [0.4, 0.5) is 0 Å². The number of nitriles is 1. The Kier molecular flexibility index (Phi) is 6.37. The van der Waals surface area contributed by atoms with Crippen molar-refractivity contribution in [2.45, 2.75) is 20.5 Å². The fraction of sp³-hybridized carbons (Fsp3) is 0.200. The molecule has 128 valence electrons. The van der Waals surface area contributed by atoms with E-state index in [9.17, 15) is 4.79 Å². The highest BCUT2D eigenvalue weighted by molar-refractivity contribution is 9.10. The van der Waals surface area contributed by atoms with Crippen LogP contribution in [0.2, 0.25) is 0 Å². The summed E-state index contributed by atoms with van der Waals surface area (Å²) in [4.78, 5) is 11.6. The molecule has 0 aliphatic carbocycles. The van der Waals surface area contributed by atoms with E-state index in [0.717, 1.165) is 32.5 Å². The molecule has 0 aliphatic rings. The van der Waals surface area contributed by atoms with Crippen LogP contribution >= 0.6 is 15.9 Å². The van der Waals surface area contributed by atoms with Crippen molar-refractivity contribution in [3.63, 3.8) is 0 Å². The van der Waals surface area contributed by atoms with Gasteiger partial charge in [-0.3, -0.25) is 0 Å². The Morgan fingerprint density at radius 3 is 2.60 bits per heavy atom. The Labute approximate surface area is 155 Å². The molecule has 0 N–H and O–H groups in total. The van der Waals surface area contributed by atoms with Crippen LogP contribution in [-0.2, 0) is 16.1 Å². The number of halogens is 1. The minimum atomic E-state index is -0.645. The summed E-state index contributed by atoms with van der Waals surface area (Å²) < 4.78 is 11.4. The zero-order valence-corrected chi connectivity index (χ0v) is 15.9. The third-order valence-electron chi connectivity index (χ3n) is 3.77. The number of carbonyl (C=O) groups is 1. The topological polar surface area (TPSA) is 59.3 Å². The molecule has 0 heterocycles. The van der Waals surface area contributed by atoms with Crippen LogP contribution < -0.4 is 4.74 Å². The number of rotatable bonds is 5. The summed E-state index contributed by atoms with van der Waals surface area (Å²) in [6.45, 7) is 4.32. The number of hydrogen-bond acceptors (Lipinski definition) is 4. The minimum absolute atomic E-state index is 0.0351. The third kappa shape index (κ3) is 4.71.